The molecule has 4 N–H and O–H groups in total. The molecule has 0 amide bonds. The summed E-state index contributed by atoms with van der Waals surface area (Å²) < 4.78 is 15.8. The number of benzene rings is 1. The van der Waals surface area contributed by atoms with E-state index in [1.165, 1.54) is 21.0 Å². The van der Waals surface area contributed by atoms with Gasteiger partial charge < -0.3 is 34.6 Å². The summed E-state index contributed by atoms with van der Waals surface area (Å²) >= 11 is 0. The fourth-order valence-corrected chi connectivity index (χ4v) is 2.75. The van der Waals surface area contributed by atoms with Crippen LogP contribution in [0.4, 0.5) is 0 Å². The molecule has 5 atom stereocenters. The third kappa shape index (κ3) is 3.78. The van der Waals surface area contributed by atoms with Crippen LogP contribution in [0.5, 0.6) is 11.5 Å². The number of ether oxygens (including phenoxy) is 3. The van der Waals surface area contributed by atoms with Gasteiger partial charge in [-0.25, -0.2) is 4.79 Å². The maximum atomic E-state index is 11.4. The van der Waals surface area contributed by atoms with Gasteiger partial charge in [0, 0.05) is 0 Å². The summed E-state index contributed by atoms with van der Waals surface area (Å²) in [5.41, 5.74) is -1.57. The van der Waals surface area contributed by atoms with E-state index in [0.717, 1.165) is 0 Å². The highest BCUT2D eigenvalue weighted by Gasteiger charge is 2.53. The molecule has 1 aliphatic heterocycles. The van der Waals surface area contributed by atoms with Gasteiger partial charge in [-0.05, 0) is 38.1 Å². The fourth-order valence-electron chi connectivity index (χ4n) is 2.75. The Morgan fingerprint density at radius 2 is 1.67 bits per heavy atom. The molecular formula is C16H22O8. The van der Waals surface area contributed by atoms with Gasteiger partial charge in [-0.15, -0.1) is 0 Å². The van der Waals surface area contributed by atoms with E-state index < -0.39 is 42.1 Å². The van der Waals surface area contributed by atoms with Gasteiger partial charge in [0.05, 0.1) is 24.7 Å². The minimum atomic E-state index is -1.57. The van der Waals surface area contributed by atoms with E-state index in [4.69, 9.17) is 14.2 Å². The Morgan fingerprint density at radius 3 is 2.12 bits per heavy atom. The molecule has 8 nitrogen and oxygen atoms in total. The molecule has 0 bridgehead atoms. The molecule has 1 saturated heterocycles. The predicted octanol–water partition coefficient (Wildman–Crippen LogP) is -0.00760. The van der Waals surface area contributed by atoms with Crippen molar-refractivity contribution in [1.29, 1.82) is 0 Å². The largest absolute Gasteiger partial charge is 0.497 e. The molecule has 0 radical (unpaired) electrons. The predicted molar refractivity (Wildman–Crippen MR) is 81.7 cm³/mol. The van der Waals surface area contributed by atoms with E-state index in [-0.39, 0.29) is 0 Å². The van der Waals surface area contributed by atoms with Crippen molar-refractivity contribution in [2.75, 3.05) is 7.11 Å². The molecule has 24 heavy (non-hydrogen) atoms. The lowest BCUT2D eigenvalue weighted by Gasteiger charge is -2.45. The molecule has 1 aromatic rings. The number of carbonyl (C=O) groups is 1. The van der Waals surface area contributed by atoms with E-state index >= 15 is 0 Å². The Bertz CT molecular complexity index is 564. The number of rotatable bonds is 5. The third-order valence-electron chi connectivity index (χ3n) is 3.97. The number of aliphatic carboxylic acids is 1. The van der Waals surface area contributed by atoms with E-state index in [2.05, 4.69) is 0 Å². The fraction of sp³-hybridized carbons (Fsp3) is 0.562. The second-order valence-corrected chi connectivity index (χ2v) is 6.22. The summed E-state index contributed by atoms with van der Waals surface area (Å²) in [4.78, 5) is 11.4. The second-order valence-electron chi connectivity index (χ2n) is 6.22. The molecule has 1 fully saturated rings. The number of aliphatic hydroxyl groups is 3. The average molecular weight is 342 g/mol. The Labute approximate surface area is 139 Å². The summed E-state index contributed by atoms with van der Waals surface area (Å²) in [7, 11) is 1.51. The van der Waals surface area contributed by atoms with E-state index in [0.29, 0.717) is 11.5 Å². The van der Waals surface area contributed by atoms with Gasteiger partial charge >= 0.3 is 5.97 Å². The summed E-state index contributed by atoms with van der Waals surface area (Å²) in [6.45, 7) is 2.69. The zero-order valence-electron chi connectivity index (χ0n) is 13.6. The van der Waals surface area contributed by atoms with Gasteiger partial charge in [0.25, 0.3) is 0 Å². The highest BCUT2D eigenvalue weighted by molar-refractivity contribution is 5.73. The van der Waals surface area contributed by atoms with Crippen molar-refractivity contribution in [2.45, 2.75) is 44.1 Å². The number of hydrogen-bond donors (Lipinski definition) is 4. The molecule has 1 aliphatic rings. The van der Waals surface area contributed by atoms with Crippen LogP contribution in [0.15, 0.2) is 24.3 Å². The summed E-state index contributed by atoms with van der Waals surface area (Å²) in [6.07, 6.45) is -6.00. The van der Waals surface area contributed by atoms with Crippen LogP contribution in [0.3, 0.4) is 0 Å². The van der Waals surface area contributed by atoms with E-state index in [9.17, 15) is 25.2 Å². The minimum Gasteiger partial charge on any atom is -0.497 e. The zero-order valence-corrected chi connectivity index (χ0v) is 13.6. The molecular weight excluding hydrogens is 320 g/mol. The van der Waals surface area contributed by atoms with Crippen molar-refractivity contribution < 1.29 is 39.4 Å². The van der Waals surface area contributed by atoms with Crippen LogP contribution in [0, 0.1) is 5.92 Å². The molecule has 2 unspecified atom stereocenters. The van der Waals surface area contributed by atoms with Crippen LogP contribution in [0.1, 0.15) is 13.8 Å². The number of carboxylic acids is 1. The van der Waals surface area contributed by atoms with Crippen LogP contribution < -0.4 is 9.47 Å². The van der Waals surface area contributed by atoms with Crippen molar-refractivity contribution in [3.63, 3.8) is 0 Å². The van der Waals surface area contributed by atoms with Crippen LogP contribution in [-0.2, 0) is 9.53 Å². The quantitative estimate of drug-likeness (QED) is 0.589. The standard InChI is InChI=1S/C16H22O8/c1-16(2,21)10-11(17)12(18)15(24-13(10)14(19)20)23-9-6-4-8(22-3)5-7-9/h4-7,10-13,15,17-18,21H,1-3H3,(H,19,20)/t10-,11?,12-,13?,15+/m0/s1. The third-order valence-corrected chi connectivity index (χ3v) is 3.97. The highest BCUT2D eigenvalue weighted by Crippen LogP contribution is 2.35. The van der Waals surface area contributed by atoms with Crippen LogP contribution >= 0.6 is 0 Å². The summed E-state index contributed by atoms with van der Waals surface area (Å²) in [5.74, 6) is -1.69. The molecule has 2 rings (SSSR count). The average Bonchev–Trinajstić information content (AvgIpc) is 2.50. The van der Waals surface area contributed by atoms with Crippen molar-refractivity contribution in [1.82, 2.24) is 0 Å². The molecule has 8 heteroatoms. The Balaban J connectivity index is 2.21. The molecule has 0 spiro atoms. The lowest BCUT2D eigenvalue weighted by Crippen LogP contribution is -2.63. The van der Waals surface area contributed by atoms with Crippen LogP contribution in [-0.4, -0.2) is 63.7 Å². The Hall–Kier alpha value is -1.87. The minimum absolute atomic E-state index is 0.304. The highest BCUT2D eigenvalue weighted by atomic mass is 16.7. The maximum Gasteiger partial charge on any atom is 0.333 e. The molecule has 1 aromatic carbocycles. The first-order valence-corrected chi connectivity index (χ1v) is 7.42. The van der Waals surface area contributed by atoms with Crippen LogP contribution in [0.2, 0.25) is 0 Å². The molecule has 1 heterocycles. The van der Waals surface area contributed by atoms with Crippen molar-refractivity contribution in [2.24, 2.45) is 5.92 Å². The number of aliphatic hydroxyl groups excluding tert-OH is 2. The van der Waals surface area contributed by atoms with Gasteiger partial charge in [-0.3, -0.25) is 0 Å². The lowest BCUT2D eigenvalue weighted by molar-refractivity contribution is -0.279. The lowest BCUT2D eigenvalue weighted by atomic mass is 9.78. The summed E-state index contributed by atoms with van der Waals surface area (Å²) in [5, 5.41) is 39.9. The first kappa shape index (κ1) is 18.5. The number of methoxy groups -OCH3 is 1. The smallest absolute Gasteiger partial charge is 0.333 e. The maximum absolute atomic E-state index is 11.4. The van der Waals surface area contributed by atoms with Gasteiger partial charge in [0.2, 0.25) is 6.29 Å². The molecule has 0 saturated carbocycles. The van der Waals surface area contributed by atoms with Crippen LogP contribution in [0.25, 0.3) is 0 Å². The van der Waals surface area contributed by atoms with Gasteiger partial charge in [0.15, 0.2) is 6.10 Å². The summed E-state index contributed by atoms with van der Waals surface area (Å²) in [6, 6.07) is 6.35. The van der Waals surface area contributed by atoms with Crippen molar-refractivity contribution >= 4 is 5.97 Å². The SMILES string of the molecule is COc1ccc(O[C@@H]2OC(C(=O)O)[C@@H](C(C)(C)O)C(O)[C@@H]2O)cc1. The second kappa shape index (κ2) is 6.94. The van der Waals surface area contributed by atoms with Gasteiger partial charge in [-0.1, -0.05) is 0 Å². The topological polar surface area (TPSA) is 126 Å². The van der Waals surface area contributed by atoms with E-state index in [1.54, 1.807) is 24.3 Å². The van der Waals surface area contributed by atoms with Crippen molar-refractivity contribution in [3.05, 3.63) is 24.3 Å². The first-order chi connectivity index (χ1) is 11.1. The molecule has 134 valence electrons. The van der Waals surface area contributed by atoms with Gasteiger partial charge in [-0.2, -0.15) is 0 Å². The van der Waals surface area contributed by atoms with Crippen molar-refractivity contribution in [3.8, 4) is 11.5 Å². The first-order valence-electron chi connectivity index (χ1n) is 7.42. The molecule has 0 aliphatic carbocycles. The monoisotopic (exact) mass is 342 g/mol. The number of hydrogen-bond acceptors (Lipinski definition) is 7. The number of carboxylic acid groups (broad SMARTS) is 1. The normalized spacial score (nSPS) is 30.7. The van der Waals surface area contributed by atoms with E-state index in [1.807, 2.05) is 0 Å². The Kier molecular flexibility index (Phi) is 5.34. The van der Waals surface area contributed by atoms with Gasteiger partial charge in [0.1, 0.15) is 17.6 Å². The molecule has 0 aromatic heterocycles. The zero-order chi connectivity index (χ0) is 18.1. The Morgan fingerprint density at radius 1 is 1.12 bits per heavy atom.